The highest BCUT2D eigenvalue weighted by atomic mass is 16.6. The van der Waals surface area contributed by atoms with E-state index in [1.54, 1.807) is 12.1 Å². The van der Waals surface area contributed by atoms with Crippen molar-refractivity contribution in [1.29, 1.82) is 0 Å². The Morgan fingerprint density at radius 3 is 2.78 bits per heavy atom. The van der Waals surface area contributed by atoms with Crippen LogP contribution in [-0.2, 0) is 25.7 Å². The molecule has 1 aliphatic rings. The maximum Gasteiger partial charge on any atom is 0.326 e. The molecule has 1 amide bonds. The van der Waals surface area contributed by atoms with Crippen LogP contribution in [0, 0.1) is 0 Å². The maximum atomic E-state index is 12.1. The zero-order valence-electron chi connectivity index (χ0n) is 13.0. The van der Waals surface area contributed by atoms with E-state index in [1.807, 2.05) is 0 Å². The number of esters is 1. The average molecular weight is 325 g/mol. The van der Waals surface area contributed by atoms with E-state index < -0.39 is 5.97 Å². The topological polar surface area (TPSA) is 94.5 Å². The highest BCUT2D eigenvalue weighted by molar-refractivity contribution is 6.02. The van der Waals surface area contributed by atoms with Crippen molar-refractivity contribution in [2.75, 3.05) is 45.5 Å². The summed E-state index contributed by atoms with van der Waals surface area (Å²) in [6.07, 6.45) is 0. The highest BCUT2D eigenvalue weighted by Gasteiger charge is 2.30. The van der Waals surface area contributed by atoms with Crippen LogP contribution in [0.2, 0.25) is 0 Å². The number of ether oxygens (including phenoxy) is 4. The summed E-state index contributed by atoms with van der Waals surface area (Å²) in [6.45, 7) is -0.295. The largest absolute Gasteiger partial charge is 0.493 e. The van der Waals surface area contributed by atoms with Gasteiger partial charge in [-0.2, -0.15) is 0 Å². The number of fused-ring (bicyclic) bond motifs is 1. The summed E-state index contributed by atoms with van der Waals surface area (Å²) in [7, 11) is 2.96. The Labute approximate surface area is 133 Å². The molecule has 0 aliphatic carbocycles. The molecular weight excluding hydrogens is 306 g/mol. The Balaban J connectivity index is 2.24. The van der Waals surface area contributed by atoms with Gasteiger partial charge in [0.2, 0.25) is 0 Å². The molecule has 0 fully saturated rings. The van der Waals surface area contributed by atoms with Crippen LogP contribution in [0.5, 0.6) is 11.5 Å². The summed E-state index contributed by atoms with van der Waals surface area (Å²) < 4.78 is 20.4. The molecule has 1 aromatic rings. The van der Waals surface area contributed by atoms with E-state index in [0.717, 1.165) is 0 Å². The van der Waals surface area contributed by atoms with Crippen LogP contribution >= 0.6 is 0 Å². The lowest BCUT2D eigenvalue weighted by atomic mass is 10.1. The van der Waals surface area contributed by atoms with Gasteiger partial charge in [0.05, 0.1) is 26.0 Å². The van der Waals surface area contributed by atoms with Crippen molar-refractivity contribution >= 4 is 17.6 Å². The van der Waals surface area contributed by atoms with Crippen LogP contribution < -0.4 is 14.4 Å². The van der Waals surface area contributed by atoms with Gasteiger partial charge in [-0.1, -0.05) is 0 Å². The van der Waals surface area contributed by atoms with Crippen molar-refractivity contribution in [3.63, 3.8) is 0 Å². The van der Waals surface area contributed by atoms with Crippen molar-refractivity contribution in [3.8, 4) is 11.5 Å². The number of rotatable bonds is 7. The van der Waals surface area contributed by atoms with Crippen LogP contribution in [0.15, 0.2) is 12.1 Å². The first-order valence-corrected chi connectivity index (χ1v) is 7.00. The van der Waals surface area contributed by atoms with E-state index in [1.165, 1.54) is 19.1 Å². The molecule has 0 radical (unpaired) electrons. The highest BCUT2D eigenvalue weighted by Crippen LogP contribution is 2.41. The minimum Gasteiger partial charge on any atom is -0.493 e. The van der Waals surface area contributed by atoms with Gasteiger partial charge >= 0.3 is 5.97 Å². The van der Waals surface area contributed by atoms with E-state index >= 15 is 0 Å². The van der Waals surface area contributed by atoms with Gasteiger partial charge in [0, 0.05) is 7.11 Å². The van der Waals surface area contributed by atoms with Gasteiger partial charge < -0.3 is 24.1 Å². The number of methoxy groups -OCH3 is 2. The van der Waals surface area contributed by atoms with Crippen LogP contribution in [0.4, 0.5) is 5.69 Å². The molecule has 0 saturated heterocycles. The Morgan fingerprint density at radius 1 is 1.35 bits per heavy atom. The van der Waals surface area contributed by atoms with E-state index in [0.29, 0.717) is 22.7 Å². The lowest BCUT2D eigenvalue weighted by Crippen LogP contribution is -2.42. The average Bonchev–Trinajstić information content (AvgIpc) is 2.56. The number of hydrogen-bond acceptors (Lipinski definition) is 7. The number of carbonyl (C=O) groups excluding carboxylic acids is 2. The lowest BCUT2D eigenvalue weighted by molar-refractivity contribution is -0.144. The van der Waals surface area contributed by atoms with Gasteiger partial charge in [-0.05, 0) is 17.7 Å². The maximum absolute atomic E-state index is 12.1. The first-order chi connectivity index (χ1) is 11.1. The Bertz CT molecular complexity index is 587. The summed E-state index contributed by atoms with van der Waals surface area (Å²) in [5.74, 6) is -0.194. The molecule has 1 aromatic carbocycles. The predicted molar refractivity (Wildman–Crippen MR) is 79.6 cm³/mol. The lowest BCUT2D eigenvalue weighted by Gasteiger charge is -2.30. The predicted octanol–water partition coefficient (Wildman–Crippen LogP) is 0.102. The second-order valence-electron chi connectivity index (χ2n) is 4.79. The molecule has 0 unspecified atom stereocenters. The molecular formula is C15H19NO7. The van der Waals surface area contributed by atoms with Gasteiger partial charge in [-0.25, -0.2) is 0 Å². The third kappa shape index (κ3) is 3.91. The Morgan fingerprint density at radius 2 is 2.13 bits per heavy atom. The minimum absolute atomic E-state index is 0.112. The second kappa shape index (κ2) is 7.80. The van der Waals surface area contributed by atoms with Gasteiger partial charge in [0.25, 0.3) is 5.91 Å². The first kappa shape index (κ1) is 17.0. The number of hydrogen-bond donors (Lipinski definition) is 1. The number of carbonyl (C=O) groups is 2. The molecule has 1 aliphatic heterocycles. The molecule has 0 atom stereocenters. The van der Waals surface area contributed by atoms with Crippen LogP contribution in [0.1, 0.15) is 5.56 Å². The van der Waals surface area contributed by atoms with Crippen molar-refractivity contribution in [2.45, 2.75) is 6.61 Å². The van der Waals surface area contributed by atoms with Crippen LogP contribution in [-0.4, -0.2) is 57.6 Å². The third-order valence-electron chi connectivity index (χ3n) is 3.27. The van der Waals surface area contributed by atoms with Gasteiger partial charge in [-0.15, -0.1) is 0 Å². The van der Waals surface area contributed by atoms with Gasteiger partial charge in [0.15, 0.2) is 18.1 Å². The fourth-order valence-corrected chi connectivity index (χ4v) is 2.16. The number of amides is 1. The molecule has 1 N–H and O–H groups in total. The second-order valence-corrected chi connectivity index (χ2v) is 4.79. The third-order valence-corrected chi connectivity index (χ3v) is 3.27. The summed E-state index contributed by atoms with van der Waals surface area (Å²) in [4.78, 5) is 25.2. The molecule has 0 spiro atoms. The van der Waals surface area contributed by atoms with Crippen LogP contribution in [0.3, 0.4) is 0 Å². The van der Waals surface area contributed by atoms with Crippen molar-refractivity contribution in [1.82, 2.24) is 0 Å². The van der Waals surface area contributed by atoms with Crippen molar-refractivity contribution in [2.24, 2.45) is 0 Å². The molecule has 2 rings (SSSR count). The first-order valence-electron chi connectivity index (χ1n) is 7.00. The van der Waals surface area contributed by atoms with E-state index in [-0.39, 0.29) is 38.9 Å². The summed E-state index contributed by atoms with van der Waals surface area (Å²) in [6, 6.07) is 3.20. The number of aliphatic hydroxyl groups excluding tert-OH is 1. The normalized spacial score (nSPS) is 13.3. The van der Waals surface area contributed by atoms with Crippen molar-refractivity contribution in [3.05, 3.63) is 17.7 Å². The Hall–Kier alpha value is -2.32. The zero-order valence-corrected chi connectivity index (χ0v) is 13.0. The fourth-order valence-electron chi connectivity index (χ4n) is 2.16. The zero-order chi connectivity index (χ0) is 16.8. The molecule has 8 nitrogen and oxygen atoms in total. The SMILES string of the molecule is COCCOC(=O)CN1C(=O)COc2c(OC)cc(CO)cc21. The molecule has 8 heteroatoms. The molecule has 0 saturated carbocycles. The monoisotopic (exact) mass is 325 g/mol. The minimum atomic E-state index is -0.559. The number of benzene rings is 1. The van der Waals surface area contributed by atoms with Crippen LogP contribution in [0.25, 0.3) is 0 Å². The Kier molecular flexibility index (Phi) is 5.78. The number of nitrogens with zero attached hydrogens (tertiary/aromatic N) is 1. The number of anilines is 1. The van der Waals surface area contributed by atoms with Gasteiger partial charge in [-0.3, -0.25) is 14.5 Å². The fraction of sp³-hybridized carbons (Fsp3) is 0.467. The quantitative estimate of drug-likeness (QED) is 0.561. The molecule has 23 heavy (non-hydrogen) atoms. The van der Waals surface area contributed by atoms with E-state index in [4.69, 9.17) is 18.9 Å². The smallest absolute Gasteiger partial charge is 0.326 e. The van der Waals surface area contributed by atoms with Crippen molar-refractivity contribution < 1.29 is 33.6 Å². The molecule has 1 heterocycles. The summed E-state index contributed by atoms with van der Waals surface area (Å²) in [5.41, 5.74) is 0.907. The number of aliphatic hydroxyl groups is 1. The molecule has 0 aromatic heterocycles. The van der Waals surface area contributed by atoms with E-state index in [2.05, 4.69) is 0 Å². The summed E-state index contributed by atoms with van der Waals surface area (Å²) in [5, 5.41) is 9.33. The molecule has 0 bridgehead atoms. The standard InChI is InChI=1S/C15H19NO7/c1-20-3-4-22-14(19)7-16-11-5-10(8-17)6-12(21-2)15(11)23-9-13(16)18/h5-6,17H,3-4,7-9H2,1-2H3. The van der Waals surface area contributed by atoms with Gasteiger partial charge in [0.1, 0.15) is 13.2 Å². The summed E-state index contributed by atoms with van der Waals surface area (Å²) >= 11 is 0. The van der Waals surface area contributed by atoms with E-state index in [9.17, 15) is 14.7 Å². The molecule has 126 valence electrons.